The van der Waals surface area contributed by atoms with Crippen LogP contribution in [0.1, 0.15) is 25.8 Å². The number of aryl methyl sites for hydroxylation is 2. The van der Waals surface area contributed by atoms with Crippen molar-refractivity contribution in [1.29, 1.82) is 0 Å². The fraction of sp³-hybridized carbons (Fsp3) is 0.667. The van der Waals surface area contributed by atoms with Crippen LogP contribution in [-0.4, -0.2) is 50.2 Å². The highest BCUT2D eigenvalue weighted by molar-refractivity contribution is 7.89. The summed E-state index contributed by atoms with van der Waals surface area (Å²) >= 11 is 0. The minimum Gasteiger partial charge on any atom is -0.380 e. The molecule has 2 rings (SSSR count). The summed E-state index contributed by atoms with van der Waals surface area (Å²) in [6.07, 6.45) is 3.97. The molecule has 0 aromatic carbocycles. The van der Waals surface area contributed by atoms with Gasteiger partial charge in [-0.25, -0.2) is 13.1 Å². The van der Waals surface area contributed by atoms with Crippen LogP contribution in [0.25, 0.3) is 0 Å². The van der Waals surface area contributed by atoms with E-state index in [9.17, 15) is 8.42 Å². The van der Waals surface area contributed by atoms with Crippen molar-refractivity contribution in [2.45, 2.75) is 44.4 Å². The molecule has 1 aromatic heterocycles. The van der Waals surface area contributed by atoms with Gasteiger partial charge in [-0.2, -0.15) is 5.10 Å². The van der Waals surface area contributed by atoms with Crippen LogP contribution >= 0.6 is 0 Å². The Morgan fingerprint density at radius 3 is 2.91 bits per heavy atom. The zero-order valence-corrected chi connectivity index (χ0v) is 14.9. The molecule has 0 unspecified atom stereocenters. The average molecular weight is 343 g/mol. The van der Waals surface area contributed by atoms with E-state index < -0.39 is 16.1 Å². The molecule has 0 amide bonds. The summed E-state index contributed by atoms with van der Waals surface area (Å²) in [6.45, 7) is 7.06. The van der Waals surface area contributed by atoms with Crippen LogP contribution in [0.3, 0.4) is 0 Å². The van der Waals surface area contributed by atoms with Crippen LogP contribution in [0.4, 0.5) is 0 Å². The van der Waals surface area contributed by atoms with E-state index in [-0.39, 0.29) is 11.1 Å². The Kier molecular flexibility index (Phi) is 5.96. The van der Waals surface area contributed by atoms with Gasteiger partial charge < -0.3 is 9.47 Å². The summed E-state index contributed by atoms with van der Waals surface area (Å²) < 4.78 is 40.6. The lowest BCUT2D eigenvalue weighted by atomic mass is 10.1. The molecule has 1 saturated heterocycles. The van der Waals surface area contributed by atoms with Crippen LogP contribution < -0.4 is 4.72 Å². The number of aromatic nitrogens is 2. The smallest absolute Gasteiger partial charge is 0.258 e. The van der Waals surface area contributed by atoms with Gasteiger partial charge in [-0.15, -0.1) is 0 Å². The first kappa shape index (κ1) is 18.1. The Morgan fingerprint density at radius 2 is 2.30 bits per heavy atom. The number of allylic oxidation sites excluding steroid dienone is 1. The highest BCUT2D eigenvalue weighted by Gasteiger charge is 2.32. The monoisotopic (exact) mass is 343 g/mol. The van der Waals surface area contributed by atoms with Gasteiger partial charge in [0.05, 0.1) is 31.6 Å². The zero-order chi connectivity index (χ0) is 17.0. The van der Waals surface area contributed by atoms with Crippen molar-refractivity contribution in [2.24, 2.45) is 7.05 Å². The van der Waals surface area contributed by atoms with Gasteiger partial charge in [-0.1, -0.05) is 11.6 Å². The summed E-state index contributed by atoms with van der Waals surface area (Å²) in [5.74, 6) is 0. The third-order valence-corrected chi connectivity index (χ3v) is 5.42. The molecule has 23 heavy (non-hydrogen) atoms. The number of ether oxygens (including phenoxy) is 2. The first-order valence-electron chi connectivity index (χ1n) is 7.65. The van der Waals surface area contributed by atoms with Crippen molar-refractivity contribution in [2.75, 3.05) is 19.8 Å². The second-order valence-corrected chi connectivity index (χ2v) is 7.63. The van der Waals surface area contributed by atoms with Crippen molar-refractivity contribution in [1.82, 2.24) is 14.5 Å². The maximum atomic E-state index is 12.6. The Balaban J connectivity index is 2.10. The summed E-state index contributed by atoms with van der Waals surface area (Å²) in [7, 11) is -2.06. The molecular formula is C15H25N3O4S. The van der Waals surface area contributed by atoms with E-state index in [0.717, 1.165) is 0 Å². The molecule has 0 bridgehead atoms. The van der Waals surface area contributed by atoms with Gasteiger partial charge in [0.15, 0.2) is 5.03 Å². The van der Waals surface area contributed by atoms with E-state index in [1.807, 2.05) is 19.9 Å². The molecule has 130 valence electrons. The summed E-state index contributed by atoms with van der Waals surface area (Å²) in [4.78, 5) is 0. The topological polar surface area (TPSA) is 82.4 Å². The first-order valence-corrected chi connectivity index (χ1v) is 9.13. The van der Waals surface area contributed by atoms with Gasteiger partial charge in [0.25, 0.3) is 10.0 Å². The minimum absolute atomic E-state index is 0.172. The molecule has 0 spiro atoms. The van der Waals surface area contributed by atoms with E-state index in [2.05, 4.69) is 9.82 Å². The molecule has 0 radical (unpaired) electrons. The lowest BCUT2D eigenvalue weighted by Gasteiger charge is -2.31. The number of nitrogens with zero attached hydrogens (tertiary/aromatic N) is 2. The van der Waals surface area contributed by atoms with Crippen molar-refractivity contribution in [3.8, 4) is 0 Å². The van der Waals surface area contributed by atoms with Crippen LogP contribution in [0, 0.1) is 6.92 Å². The molecule has 2 atom stereocenters. The molecule has 8 heteroatoms. The molecule has 0 aliphatic carbocycles. The number of hydrogen-bond acceptors (Lipinski definition) is 5. The summed E-state index contributed by atoms with van der Waals surface area (Å²) in [5.41, 5.74) is 1.78. The standard InChI is InChI=1S/C15H25N3O4S/c1-11(2)5-8-22-14-6-7-21-10-13(14)17-23(19,20)15-12(3)9-16-18(15)4/h5,9,13-14,17H,6-8,10H2,1-4H3/t13-,14+/m0/s1. The fourth-order valence-corrected chi connectivity index (χ4v) is 4.14. The fourth-order valence-electron chi connectivity index (χ4n) is 2.54. The second-order valence-electron chi connectivity index (χ2n) is 6.00. The predicted molar refractivity (Wildman–Crippen MR) is 86.7 cm³/mol. The summed E-state index contributed by atoms with van der Waals surface area (Å²) in [6, 6.07) is -0.409. The maximum Gasteiger partial charge on any atom is 0.258 e. The van der Waals surface area contributed by atoms with Gasteiger partial charge in [0.2, 0.25) is 0 Å². The van der Waals surface area contributed by atoms with Gasteiger partial charge in [-0.05, 0) is 27.2 Å². The van der Waals surface area contributed by atoms with Gasteiger partial charge >= 0.3 is 0 Å². The van der Waals surface area contributed by atoms with Crippen molar-refractivity contribution in [3.63, 3.8) is 0 Å². The molecular weight excluding hydrogens is 318 g/mol. The van der Waals surface area contributed by atoms with Gasteiger partial charge in [0, 0.05) is 19.2 Å². The van der Waals surface area contributed by atoms with E-state index in [4.69, 9.17) is 9.47 Å². The third kappa shape index (κ3) is 4.63. The number of rotatable bonds is 6. The molecule has 1 fully saturated rings. The molecule has 0 saturated carbocycles. The quantitative estimate of drug-likeness (QED) is 0.784. The second kappa shape index (κ2) is 7.57. The van der Waals surface area contributed by atoms with E-state index >= 15 is 0 Å². The third-order valence-electron chi connectivity index (χ3n) is 3.71. The van der Waals surface area contributed by atoms with Crippen LogP contribution in [0.5, 0.6) is 0 Å². The van der Waals surface area contributed by atoms with Crippen molar-refractivity contribution in [3.05, 3.63) is 23.4 Å². The molecule has 1 aliphatic rings. The van der Waals surface area contributed by atoms with Crippen molar-refractivity contribution >= 4 is 10.0 Å². The molecule has 1 aromatic rings. The van der Waals surface area contributed by atoms with Crippen LogP contribution in [-0.2, 0) is 26.5 Å². The SMILES string of the molecule is CC(C)=CCO[C@@H]1CCOC[C@@H]1NS(=O)(=O)c1c(C)cnn1C. The highest BCUT2D eigenvalue weighted by atomic mass is 32.2. The van der Waals surface area contributed by atoms with E-state index in [1.165, 1.54) is 16.5 Å². The number of hydrogen-bond donors (Lipinski definition) is 1. The Morgan fingerprint density at radius 1 is 1.57 bits per heavy atom. The van der Waals surface area contributed by atoms with Gasteiger partial charge in [0.1, 0.15) is 0 Å². The Labute approximate surface area is 137 Å². The molecule has 1 aliphatic heterocycles. The first-order chi connectivity index (χ1) is 10.8. The lowest BCUT2D eigenvalue weighted by molar-refractivity contribution is -0.0419. The van der Waals surface area contributed by atoms with Crippen LogP contribution in [0.15, 0.2) is 22.9 Å². The normalized spacial score (nSPS) is 22.1. The zero-order valence-electron chi connectivity index (χ0n) is 14.1. The van der Waals surface area contributed by atoms with Crippen molar-refractivity contribution < 1.29 is 17.9 Å². The maximum absolute atomic E-state index is 12.6. The molecule has 2 heterocycles. The predicted octanol–water partition coefficient (Wildman–Crippen LogP) is 1.15. The van der Waals surface area contributed by atoms with Crippen LogP contribution in [0.2, 0.25) is 0 Å². The minimum atomic E-state index is -3.68. The largest absolute Gasteiger partial charge is 0.380 e. The Bertz CT molecular complexity index is 643. The highest BCUT2D eigenvalue weighted by Crippen LogP contribution is 2.18. The van der Waals surface area contributed by atoms with Gasteiger partial charge in [-0.3, -0.25) is 4.68 Å². The lowest BCUT2D eigenvalue weighted by Crippen LogP contribution is -2.50. The number of nitrogens with one attached hydrogen (secondary N) is 1. The van der Waals surface area contributed by atoms with E-state index in [0.29, 0.717) is 31.8 Å². The Hall–Kier alpha value is -1.22. The number of sulfonamides is 1. The molecule has 1 N–H and O–H groups in total. The summed E-state index contributed by atoms with van der Waals surface area (Å²) in [5, 5.41) is 4.16. The average Bonchev–Trinajstić information content (AvgIpc) is 2.80. The van der Waals surface area contributed by atoms with E-state index in [1.54, 1.807) is 14.0 Å². The molecule has 7 nitrogen and oxygen atoms in total.